The van der Waals surface area contributed by atoms with Crippen LogP contribution in [0.25, 0.3) is 0 Å². The molecule has 3 N–H and O–H groups in total. The zero-order valence-electron chi connectivity index (χ0n) is 8.33. The van der Waals surface area contributed by atoms with Gasteiger partial charge in [-0.1, -0.05) is 0 Å². The van der Waals surface area contributed by atoms with Crippen molar-refractivity contribution < 1.29 is 14.3 Å². The van der Waals surface area contributed by atoms with Crippen LogP contribution in [-0.2, 0) is 0 Å². The van der Waals surface area contributed by atoms with Crippen LogP contribution in [0.5, 0.6) is 11.5 Å². The van der Waals surface area contributed by atoms with Gasteiger partial charge in [0.1, 0.15) is 0 Å². The Hall–Kier alpha value is -1.27. The largest absolute Gasteiger partial charge is 0.493 e. The number of ether oxygens (including phenoxy) is 2. The molecule has 0 aromatic heterocycles. The number of hydrazine groups is 1. The number of rotatable bonds is 3. The quantitative estimate of drug-likeness (QED) is 0.491. The molecule has 6 heteroatoms. The zero-order chi connectivity index (χ0) is 11.4. The lowest BCUT2D eigenvalue weighted by Gasteiger charge is -2.11. The first-order chi connectivity index (χ1) is 7.13. The summed E-state index contributed by atoms with van der Waals surface area (Å²) in [5.41, 5.74) is 2.43. The molecule has 0 heterocycles. The molecule has 1 amide bonds. The van der Waals surface area contributed by atoms with E-state index in [1.54, 1.807) is 12.1 Å². The number of benzene rings is 1. The van der Waals surface area contributed by atoms with Crippen LogP contribution in [0.3, 0.4) is 0 Å². The van der Waals surface area contributed by atoms with E-state index >= 15 is 0 Å². The number of methoxy groups -OCH3 is 2. The van der Waals surface area contributed by atoms with E-state index in [1.807, 2.05) is 5.43 Å². The van der Waals surface area contributed by atoms with E-state index in [1.165, 1.54) is 14.2 Å². The number of hydrogen-bond donors (Lipinski definition) is 2. The van der Waals surface area contributed by atoms with Gasteiger partial charge in [0.15, 0.2) is 11.5 Å². The molecule has 1 aromatic rings. The van der Waals surface area contributed by atoms with Crippen molar-refractivity contribution in [2.45, 2.75) is 0 Å². The molecule has 0 aliphatic rings. The van der Waals surface area contributed by atoms with Crippen LogP contribution < -0.4 is 20.7 Å². The average molecular weight is 275 g/mol. The molecule has 0 aliphatic heterocycles. The monoisotopic (exact) mass is 274 g/mol. The van der Waals surface area contributed by atoms with Gasteiger partial charge in [-0.15, -0.1) is 0 Å². The fraction of sp³-hybridized carbons (Fsp3) is 0.222. The van der Waals surface area contributed by atoms with Gasteiger partial charge in [0.2, 0.25) is 0 Å². The topological polar surface area (TPSA) is 73.6 Å². The summed E-state index contributed by atoms with van der Waals surface area (Å²) in [6, 6.07) is 3.15. The Bertz CT molecular complexity index is 382. The molecular weight excluding hydrogens is 264 g/mol. The molecule has 0 saturated heterocycles. The molecule has 0 atom stereocenters. The van der Waals surface area contributed by atoms with Crippen LogP contribution in [0.4, 0.5) is 0 Å². The van der Waals surface area contributed by atoms with Gasteiger partial charge in [-0.25, -0.2) is 5.84 Å². The van der Waals surface area contributed by atoms with Crippen LogP contribution >= 0.6 is 15.9 Å². The molecule has 82 valence electrons. The second kappa shape index (κ2) is 4.99. The van der Waals surface area contributed by atoms with Crippen LogP contribution in [0, 0.1) is 0 Å². The maximum atomic E-state index is 11.3. The average Bonchev–Trinajstić information content (AvgIpc) is 2.26. The number of carbonyl (C=O) groups is 1. The SMILES string of the molecule is COc1cc(C(=O)NN)cc(Br)c1OC. The Kier molecular flexibility index (Phi) is 3.93. The first-order valence-corrected chi connectivity index (χ1v) is 4.85. The summed E-state index contributed by atoms with van der Waals surface area (Å²) in [6.45, 7) is 0. The third-order valence-corrected chi connectivity index (χ3v) is 2.42. The van der Waals surface area contributed by atoms with Crippen molar-refractivity contribution in [3.8, 4) is 11.5 Å². The third kappa shape index (κ3) is 2.40. The van der Waals surface area contributed by atoms with E-state index in [2.05, 4.69) is 15.9 Å². The van der Waals surface area contributed by atoms with Crippen molar-refractivity contribution in [1.82, 2.24) is 5.43 Å². The number of amides is 1. The van der Waals surface area contributed by atoms with Gasteiger partial charge in [0, 0.05) is 5.56 Å². The molecule has 5 nitrogen and oxygen atoms in total. The molecule has 0 bridgehead atoms. The lowest BCUT2D eigenvalue weighted by molar-refractivity contribution is 0.0953. The third-order valence-electron chi connectivity index (χ3n) is 1.83. The molecule has 1 aromatic carbocycles. The van der Waals surface area contributed by atoms with Crippen molar-refractivity contribution in [2.75, 3.05) is 14.2 Å². The fourth-order valence-corrected chi connectivity index (χ4v) is 1.74. The predicted molar refractivity (Wildman–Crippen MR) is 58.9 cm³/mol. The van der Waals surface area contributed by atoms with Crippen LogP contribution in [-0.4, -0.2) is 20.1 Å². The van der Waals surface area contributed by atoms with Crippen molar-refractivity contribution >= 4 is 21.8 Å². The Morgan fingerprint density at radius 1 is 1.40 bits per heavy atom. The van der Waals surface area contributed by atoms with Crippen LogP contribution in [0.2, 0.25) is 0 Å². The lowest BCUT2D eigenvalue weighted by atomic mass is 10.2. The number of nitrogen functional groups attached to an aromatic ring is 1. The van der Waals surface area contributed by atoms with Crippen molar-refractivity contribution in [3.63, 3.8) is 0 Å². The highest BCUT2D eigenvalue weighted by atomic mass is 79.9. The van der Waals surface area contributed by atoms with E-state index in [0.717, 1.165) is 0 Å². The van der Waals surface area contributed by atoms with E-state index in [9.17, 15) is 4.79 Å². The normalized spacial score (nSPS) is 9.60. The Balaban J connectivity index is 3.25. The van der Waals surface area contributed by atoms with E-state index in [4.69, 9.17) is 15.3 Å². The summed E-state index contributed by atoms with van der Waals surface area (Å²) in [7, 11) is 3.01. The molecular formula is C9H11BrN2O3. The van der Waals surface area contributed by atoms with E-state index in [-0.39, 0.29) is 0 Å². The first kappa shape index (κ1) is 11.8. The molecule has 0 radical (unpaired) electrons. The summed E-state index contributed by atoms with van der Waals surface area (Å²) in [4.78, 5) is 11.3. The molecule has 1 rings (SSSR count). The smallest absolute Gasteiger partial charge is 0.265 e. The molecule has 0 aliphatic carbocycles. The van der Waals surface area contributed by atoms with Gasteiger partial charge < -0.3 is 9.47 Å². The predicted octanol–water partition coefficient (Wildman–Crippen LogP) is 1.07. The highest BCUT2D eigenvalue weighted by molar-refractivity contribution is 9.10. The molecule has 0 spiro atoms. The molecule has 0 fully saturated rings. The minimum atomic E-state index is -0.392. The van der Waals surface area contributed by atoms with Gasteiger partial charge >= 0.3 is 0 Å². The minimum absolute atomic E-state index is 0.391. The lowest BCUT2D eigenvalue weighted by Crippen LogP contribution is -2.30. The van der Waals surface area contributed by atoms with Crippen molar-refractivity contribution in [2.24, 2.45) is 5.84 Å². The Labute approximate surface area is 95.6 Å². The van der Waals surface area contributed by atoms with E-state index in [0.29, 0.717) is 21.5 Å². The first-order valence-electron chi connectivity index (χ1n) is 4.06. The molecule has 0 saturated carbocycles. The number of carbonyl (C=O) groups excluding carboxylic acids is 1. The maximum absolute atomic E-state index is 11.3. The molecule has 15 heavy (non-hydrogen) atoms. The number of hydrogen-bond acceptors (Lipinski definition) is 4. The number of nitrogens with one attached hydrogen (secondary N) is 1. The maximum Gasteiger partial charge on any atom is 0.265 e. The number of nitrogens with two attached hydrogens (primary N) is 1. The second-order valence-corrected chi connectivity index (χ2v) is 3.52. The fourth-order valence-electron chi connectivity index (χ4n) is 1.13. The van der Waals surface area contributed by atoms with Gasteiger partial charge in [0.25, 0.3) is 5.91 Å². The Morgan fingerprint density at radius 3 is 2.53 bits per heavy atom. The van der Waals surface area contributed by atoms with Gasteiger partial charge in [-0.05, 0) is 28.1 Å². The highest BCUT2D eigenvalue weighted by Gasteiger charge is 2.13. The van der Waals surface area contributed by atoms with Crippen LogP contribution in [0.1, 0.15) is 10.4 Å². The van der Waals surface area contributed by atoms with E-state index < -0.39 is 5.91 Å². The van der Waals surface area contributed by atoms with Gasteiger partial charge in [0.05, 0.1) is 18.7 Å². The van der Waals surface area contributed by atoms with Crippen molar-refractivity contribution in [1.29, 1.82) is 0 Å². The summed E-state index contributed by atoms with van der Waals surface area (Å²) < 4.78 is 10.8. The molecule has 0 unspecified atom stereocenters. The van der Waals surface area contributed by atoms with Crippen LogP contribution in [0.15, 0.2) is 16.6 Å². The van der Waals surface area contributed by atoms with Gasteiger partial charge in [-0.2, -0.15) is 0 Å². The summed E-state index contributed by atoms with van der Waals surface area (Å²) >= 11 is 3.27. The highest BCUT2D eigenvalue weighted by Crippen LogP contribution is 2.36. The Morgan fingerprint density at radius 2 is 2.07 bits per heavy atom. The minimum Gasteiger partial charge on any atom is -0.493 e. The number of halogens is 1. The summed E-state index contributed by atoms with van der Waals surface area (Å²) in [5, 5.41) is 0. The summed E-state index contributed by atoms with van der Waals surface area (Å²) in [5.74, 6) is 5.63. The van der Waals surface area contributed by atoms with Crippen molar-refractivity contribution in [3.05, 3.63) is 22.2 Å². The summed E-state index contributed by atoms with van der Waals surface area (Å²) in [6.07, 6.45) is 0. The zero-order valence-corrected chi connectivity index (χ0v) is 9.92. The van der Waals surface area contributed by atoms with Gasteiger partial charge in [-0.3, -0.25) is 10.2 Å². The standard InChI is InChI=1S/C9H11BrN2O3/c1-14-7-4-5(9(13)12-11)3-6(10)8(7)15-2/h3-4H,11H2,1-2H3,(H,12,13). The second-order valence-electron chi connectivity index (χ2n) is 2.67.